The Kier molecular flexibility index (Phi) is 10.9. The molecule has 0 aliphatic carbocycles. The van der Waals surface area contributed by atoms with Gasteiger partial charge in [-0.1, -0.05) is 31.2 Å². The lowest BCUT2D eigenvalue weighted by molar-refractivity contribution is -0.136. The highest BCUT2D eigenvalue weighted by Crippen LogP contribution is 2.34. The molecule has 0 fully saturated rings. The molecule has 0 heterocycles. The molecule has 3 rings (SSSR count). The standard InChI is InChI=1S/C29H31IN4O5/c1-5-21-9-7-8-10-24(21)33-28(36)29(37)34-31-16-20-14-23(30)27(25(15-20)38-6-2)39-17-26(35)32-22-12-18(3)11-19(4)13-22/h7-16H,5-6,17H2,1-4H3,(H,32,35)(H,33,36)(H,34,37)/b31-16-. The van der Waals surface area contributed by atoms with E-state index in [1.165, 1.54) is 6.21 Å². The van der Waals surface area contributed by atoms with E-state index in [0.29, 0.717) is 45.0 Å². The summed E-state index contributed by atoms with van der Waals surface area (Å²) in [6.07, 6.45) is 2.11. The summed E-state index contributed by atoms with van der Waals surface area (Å²) in [5, 5.41) is 9.35. The lowest BCUT2D eigenvalue weighted by Crippen LogP contribution is -2.32. The predicted molar refractivity (Wildman–Crippen MR) is 161 cm³/mol. The number of carbonyl (C=O) groups excluding carboxylic acids is 3. The van der Waals surface area contributed by atoms with E-state index in [1.54, 1.807) is 24.3 Å². The molecule has 0 saturated heterocycles. The van der Waals surface area contributed by atoms with E-state index in [2.05, 4.69) is 43.8 Å². The van der Waals surface area contributed by atoms with Crippen LogP contribution < -0.4 is 25.5 Å². The van der Waals surface area contributed by atoms with Gasteiger partial charge in [0, 0.05) is 11.4 Å². The van der Waals surface area contributed by atoms with E-state index >= 15 is 0 Å². The highest BCUT2D eigenvalue weighted by Gasteiger charge is 2.16. The zero-order valence-corrected chi connectivity index (χ0v) is 24.4. The van der Waals surface area contributed by atoms with Crippen LogP contribution in [-0.4, -0.2) is 37.1 Å². The van der Waals surface area contributed by atoms with Gasteiger partial charge in [0.1, 0.15) is 0 Å². The Hall–Kier alpha value is -3.93. The average molecular weight is 642 g/mol. The minimum absolute atomic E-state index is 0.206. The van der Waals surface area contributed by atoms with Gasteiger partial charge >= 0.3 is 11.8 Å². The first-order valence-electron chi connectivity index (χ1n) is 12.4. The van der Waals surface area contributed by atoms with Crippen LogP contribution in [0.4, 0.5) is 11.4 Å². The Morgan fingerprint density at radius 3 is 2.33 bits per heavy atom. The minimum atomic E-state index is -0.897. The molecule has 3 amide bonds. The number of rotatable bonds is 10. The Balaban J connectivity index is 1.63. The van der Waals surface area contributed by atoms with E-state index in [4.69, 9.17) is 9.47 Å². The summed E-state index contributed by atoms with van der Waals surface area (Å²) in [6.45, 7) is 7.90. The van der Waals surface area contributed by atoms with Gasteiger partial charge in [-0.25, -0.2) is 5.43 Å². The van der Waals surface area contributed by atoms with Crippen LogP contribution in [0.2, 0.25) is 0 Å². The third-order valence-electron chi connectivity index (χ3n) is 5.42. The number of ether oxygens (including phenoxy) is 2. The highest BCUT2D eigenvalue weighted by molar-refractivity contribution is 14.1. The number of halogens is 1. The number of para-hydroxylation sites is 1. The number of amides is 3. The number of anilines is 2. The number of carbonyl (C=O) groups is 3. The van der Waals surface area contributed by atoms with Gasteiger partial charge in [0.15, 0.2) is 18.1 Å². The van der Waals surface area contributed by atoms with Crippen LogP contribution in [0, 0.1) is 17.4 Å². The van der Waals surface area contributed by atoms with Crippen molar-refractivity contribution in [3.63, 3.8) is 0 Å². The van der Waals surface area contributed by atoms with Crippen molar-refractivity contribution >= 4 is 57.9 Å². The largest absolute Gasteiger partial charge is 0.490 e. The molecule has 3 N–H and O–H groups in total. The van der Waals surface area contributed by atoms with Gasteiger partial charge in [-0.15, -0.1) is 0 Å². The summed E-state index contributed by atoms with van der Waals surface area (Å²) >= 11 is 2.08. The third kappa shape index (κ3) is 8.81. The maximum atomic E-state index is 12.5. The van der Waals surface area contributed by atoms with E-state index in [1.807, 2.05) is 58.0 Å². The molecule has 0 radical (unpaired) electrons. The number of benzene rings is 3. The normalized spacial score (nSPS) is 10.7. The zero-order chi connectivity index (χ0) is 28.4. The van der Waals surface area contributed by atoms with Gasteiger partial charge in [-0.3, -0.25) is 14.4 Å². The van der Waals surface area contributed by atoms with Crippen molar-refractivity contribution in [2.75, 3.05) is 23.8 Å². The van der Waals surface area contributed by atoms with Crippen LogP contribution in [0.25, 0.3) is 0 Å². The predicted octanol–water partition coefficient (Wildman–Crippen LogP) is 4.98. The number of aryl methyl sites for hydroxylation is 3. The van der Waals surface area contributed by atoms with Gasteiger partial charge in [-0.2, -0.15) is 5.10 Å². The maximum absolute atomic E-state index is 12.5. The Morgan fingerprint density at radius 2 is 1.64 bits per heavy atom. The fourth-order valence-corrected chi connectivity index (χ4v) is 4.57. The third-order valence-corrected chi connectivity index (χ3v) is 6.22. The first kappa shape index (κ1) is 29.6. The van der Waals surface area contributed by atoms with Crippen molar-refractivity contribution in [2.24, 2.45) is 5.10 Å². The summed E-state index contributed by atoms with van der Waals surface area (Å²) in [4.78, 5) is 37.0. The molecule has 0 spiro atoms. The van der Waals surface area contributed by atoms with Crippen LogP contribution in [0.3, 0.4) is 0 Å². The van der Waals surface area contributed by atoms with Crippen LogP contribution in [0.5, 0.6) is 11.5 Å². The SMILES string of the molecule is CCOc1cc(/C=N\NC(=O)C(=O)Nc2ccccc2CC)cc(I)c1OCC(=O)Nc1cc(C)cc(C)c1. The second-order valence-electron chi connectivity index (χ2n) is 8.64. The van der Waals surface area contributed by atoms with E-state index in [9.17, 15) is 14.4 Å². The Morgan fingerprint density at radius 1 is 0.923 bits per heavy atom. The van der Waals surface area contributed by atoms with Gasteiger partial charge in [0.25, 0.3) is 5.91 Å². The molecule has 204 valence electrons. The first-order valence-corrected chi connectivity index (χ1v) is 13.5. The smallest absolute Gasteiger partial charge is 0.329 e. The molecular formula is C29H31IN4O5. The van der Waals surface area contributed by atoms with Gasteiger partial charge in [0.05, 0.1) is 16.4 Å². The zero-order valence-electron chi connectivity index (χ0n) is 22.3. The van der Waals surface area contributed by atoms with Crippen molar-refractivity contribution in [3.05, 3.63) is 80.4 Å². The molecule has 0 atom stereocenters. The van der Waals surface area contributed by atoms with Crippen LogP contribution in [-0.2, 0) is 20.8 Å². The number of nitrogens with zero attached hydrogens (tertiary/aromatic N) is 1. The first-order chi connectivity index (χ1) is 18.7. The molecule has 0 aliphatic heterocycles. The molecule has 3 aromatic rings. The minimum Gasteiger partial charge on any atom is -0.490 e. The Labute approximate surface area is 241 Å². The van der Waals surface area contributed by atoms with Crippen molar-refractivity contribution in [1.29, 1.82) is 0 Å². The molecule has 0 aliphatic rings. The summed E-state index contributed by atoms with van der Waals surface area (Å²) in [5.74, 6) is -1.17. The second-order valence-corrected chi connectivity index (χ2v) is 9.80. The van der Waals surface area contributed by atoms with Crippen LogP contribution >= 0.6 is 22.6 Å². The van der Waals surface area contributed by atoms with Gasteiger partial charge in [-0.05, 0) is 102 Å². The molecule has 3 aromatic carbocycles. The van der Waals surface area contributed by atoms with Crippen LogP contribution in [0.15, 0.2) is 59.7 Å². The topological polar surface area (TPSA) is 118 Å². The van der Waals surface area contributed by atoms with E-state index in [0.717, 1.165) is 16.7 Å². The fraction of sp³-hybridized carbons (Fsp3) is 0.241. The fourth-order valence-electron chi connectivity index (χ4n) is 3.79. The second kappa shape index (κ2) is 14.3. The molecule has 9 nitrogen and oxygen atoms in total. The molecule has 0 unspecified atom stereocenters. The van der Waals surface area contributed by atoms with Crippen LogP contribution in [0.1, 0.15) is 36.1 Å². The quantitative estimate of drug-likeness (QED) is 0.125. The number of hydrogen-bond donors (Lipinski definition) is 3. The van der Waals surface area contributed by atoms with Crippen molar-refractivity contribution < 1.29 is 23.9 Å². The average Bonchev–Trinajstić information content (AvgIpc) is 2.88. The molecule has 0 aromatic heterocycles. The Bertz CT molecular complexity index is 1370. The van der Waals surface area contributed by atoms with Gasteiger partial charge < -0.3 is 20.1 Å². The maximum Gasteiger partial charge on any atom is 0.329 e. The van der Waals surface area contributed by atoms with Crippen molar-refractivity contribution in [2.45, 2.75) is 34.1 Å². The number of hydrazone groups is 1. The highest BCUT2D eigenvalue weighted by atomic mass is 127. The van der Waals surface area contributed by atoms with Gasteiger partial charge in [0.2, 0.25) is 0 Å². The molecular weight excluding hydrogens is 611 g/mol. The molecule has 39 heavy (non-hydrogen) atoms. The number of nitrogens with one attached hydrogen (secondary N) is 3. The monoisotopic (exact) mass is 642 g/mol. The summed E-state index contributed by atoms with van der Waals surface area (Å²) in [5.41, 5.74) is 7.15. The summed E-state index contributed by atoms with van der Waals surface area (Å²) in [6, 6.07) is 16.5. The van der Waals surface area contributed by atoms with Crippen molar-refractivity contribution in [3.8, 4) is 11.5 Å². The molecule has 0 bridgehead atoms. The van der Waals surface area contributed by atoms with Crippen molar-refractivity contribution in [1.82, 2.24) is 5.43 Å². The summed E-state index contributed by atoms with van der Waals surface area (Å²) < 4.78 is 12.2. The molecule has 0 saturated carbocycles. The summed E-state index contributed by atoms with van der Waals surface area (Å²) in [7, 11) is 0. The lowest BCUT2D eigenvalue weighted by atomic mass is 10.1. The number of hydrogen-bond acceptors (Lipinski definition) is 6. The lowest BCUT2D eigenvalue weighted by Gasteiger charge is -2.15. The molecule has 10 heteroatoms. The van der Waals surface area contributed by atoms with E-state index in [-0.39, 0.29) is 12.5 Å². The van der Waals surface area contributed by atoms with E-state index < -0.39 is 11.8 Å².